The molecule has 0 atom stereocenters. The van der Waals surface area contributed by atoms with Crippen molar-refractivity contribution in [3.63, 3.8) is 0 Å². The lowest BCUT2D eigenvalue weighted by Gasteiger charge is -2.02. The van der Waals surface area contributed by atoms with Crippen molar-refractivity contribution in [2.45, 2.75) is 20.4 Å². The van der Waals surface area contributed by atoms with E-state index in [9.17, 15) is 9.59 Å². The second kappa shape index (κ2) is 5.16. The maximum absolute atomic E-state index is 11.4. The Hall–Kier alpha value is -2.04. The van der Waals surface area contributed by atoms with Crippen molar-refractivity contribution in [2.24, 2.45) is 0 Å². The topological polar surface area (TPSA) is 79.5 Å². The van der Waals surface area contributed by atoms with Gasteiger partial charge in [0.05, 0.1) is 6.54 Å². The number of nitrogens with one attached hydrogen (secondary N) is 1. The lowest BCUT2D eigenvalue weighted by Crippen LogP contribution is -2.23. The molecule has 86 valence electrons. The minimum Gasteiger partial charge on any atom is -0.475 e. The van der Waals surface area contributed by atoms with E-state index in [1.54, 1.807) is 19.9 Å². The molecule has 1 aromatic heterocycles. The first kappa shape index (κ1) is 12.0. The molecule has 5 heteroatoms. The largest absolute Gasteiger partial charge is 0.475 e. The van der Waals surface area contributed by atoms with E-state index >= 15 is 0 Å². The van der Waals surface area contributed by atoms with Crippen molar-refractivity contribution in [1.82, 2.24) is 5.32 Å². The molecule has 0 saturated carbocycles. The molecule has 1 amide bonds. The summed E-state index contributed by atoms with van der Waals surface area (Å²) in [6.45, 7) is 3.64. The number of aromatic carboxylic acids is 1. The molecule has 1 heterocycles. The molecule has 0 spiro atoms. The first-order valence-electron chi connectivity index (χ1n) is 4.77. The van der Waals surface area contributed by atoms with Gasteiger partial charge in [-0.1, -0.05) is 6.08 Å². The molecule has 0 saturated heterocycles. The van der Waals surface area contributed by atoms with Gasteiger partial charge in [-0.15, -0.1) is 0 Å². The van der Waals surface area contributed by atoms with Gasteiger partial charge in [-0.2, -0.15) is 0 Å². The number of carbonyl (C=O) groups is 2. The van der Waals surface area contributed by atoms with E-state index in [0.29, 0.717) is 11.3 Å². The molecular weight excluding hydrogens is 210 g/mol. The summed E-state index contributed by atoms with van der Waals surface area (Å²) in [4.78, 5) is 21.9. The lowest BCUT2D eigenvalue weighted by atomic mass is 10.3. The number of allylic oxidation sites excluding steroid dienone is 1. The summed E-state index contributed by atoms with van der Waals surface area (Å²) in [5.74, 6) is -1.04. The number of hydrogen-bond acceptors (Lipinski definition) is 3. The summed E-state index contributed by atoms with van der Waals surface area (Å²) < 4.78 is 4.98. The fourth-order valence-electron chi connectivity index (χ4n) is 1.03. The summed E-state index contributed by atoms with van der Waals surface area (Å²) in [5.41, 5.74) is 0.602. The fourth-order valence-corrected chi connectivity index (χ4v) is 1.03. The average molecular weight is 223 g/mol. The third-order valence-corrected chi connectivity index (χ3v) is 2.09. The first-order chi connectivity index (χ1) is 7.54. The van der Waals surface area contributed by atoms with Crippen LogP contribution in [0.2, 0.25) is 0 Å². The van der Waals surface area contributed by atoms with Gasteiger partial charge in [0.1, 0.15) is 5.76 Å². The molecule has 0 aliphatic carbocycles. The van der Waals surface area contributed by atoms with Gasteiger partial charge in [0.25, 0.3) is 0 Å². The van der Waals surface area contributed by atoms with Crippen LogP contribution in [0.4, 0.5) is 0 Å². The number of amides is 1. The number of hydrogen-bond donors (Lipinski definition) is 2. The highest BCUT2D eigenvalue weighted by molar-refractivity contribution is 5.92. The van der Waals surface area contributed by atoms with Crippen molar-refractivity contribution in [3.05, 3.63) is 35.3 Å². The second-order valence-corrected chi connectivity index (χ2v) is 3.23. The second-order valence-electron chi connectivity index (χ2n) is 3.23. The van der Waals surface area contributed by atoms with Crippen LogP contribution in [-0.4, -0.2) is 17.0 Å². The van der Waals surface area contributed by atoms with Crippen molar-refractivity contribution in [1.29, 1.82) is 0 Å². The van der Waals surface area contributed by atoms with Crippen molar-refractivity contribution in [2.75, 3.05) is 0 Å². The van der Waals surface area contributed by atoms with Gasteiger partial charge in [-0.3, -0.25) is 4.79 Å². The number of carboxylic acid groups (broad SMARTS) is 1. The van der Waals surface area contributed by atoms with Crippen LogP contribution in [0.15, 0.2) is 28.2 Å². The van der Waals surface area contributed by atoms with Crippen molar-refractivity contribution in [3.8, 4) is 0 Å². The summed E-state index contributed by atoms with van der Waals surface area (Å²) >= 11 is 0. The van der Waals surface area contributed by atoms with Crippen LogP contribution in [0, 0.1) is 0 Å². The van der Waals surface area contributed by atoms with E-state index < -0.39 is 5.97 Å². The monoisotopic (exact) mass is 223 g/mol. The normalized spacial score (nSPS) is 11.2. The molecule has 5 nitrogen and oxygen atoms in total. The zero-order valence-electron chi connectivity index (χ0n) is 9.11. The first-order valence-corrected chi connectivity index (χ1v) is 4.77. The zero-order valence-corrected chi connectivity index (χ0v) is 9.11. The van der Waals surface area contributed by atoms with E-state index in [-0.39, 0.29) is 18.2 Å². The Morgan fingerprint density at radius 1 is 1.50 bits per heavy atom. The Labute approximate surface area is 92.8 Å². The Morgan fingerprint density at radius 3 is 2.69 bits per heavy atom. The summed E-state index contributed by atoms with van der Waals surface area (Å²) in [7, 11) is 0. The smallest absolute Gasteiger partial charge is 0.371 e. The van der Waals surface area contributed by atoms with Crippen LogP contribution in [0.3, 0.4) is 0 Å². The summed E-state index contributed by atoms with van der Waals surface area (Å²) in [6, 6.07) is 2.88. The SMILES string of the molecule is C/C=C(\C)C(=O)NCc1ccc(C(=O)O)o1. The standard InChI is InChI=1S/C11H13NO4/c1-3-7(2)10(13)12-6-8-4-5-9(16-8)11(14)15/h3-5H,6H2,1-2H3,(H,12,13)(H,14,15)/b7-3+. The molecule has 0 aromatic carbocycles. The lowest BCUT2D eigenvalue weighted by molar-refractivity contribution is -0.117. The van der Waals surface area contributed by atoms with E-state index in [1.165, 1.54) is 12.1 Å². The van der Waals surface area contributed by atoms with E-state index in [0.717, 1.165) is 0 Å². The molecular formula is C11H13NO4. The molecule has 0 bridgehead atoms. The maximum Gasteiger partial charge on any atom is 0.371 e. The van der Waals surface area contributed by atoms with Crippen LogP contribution in [-0.2, 0) is 11.3 Å². The molecule has 0 radical (unpaired) electrons. The summed E-state index contributed by atoms with van der Waals surface area (Å²) in [5, 5.41) is 11.2. The van der Waals surface area contributed by atoms with Crippen LogP contribution < -0.4 is 5.32 Å². The number of furan rings is 1. The van der Waals surface area contributed by atoms with Crippen LogP contribution in [0.25, 0.3) is 0 Å². The predicted octanol–water partition coefficient (Wildman–Crippen LogP) is 1.56. The molecule has 0 unspecified atom stereocenters. The fraction of sp³-hybridized carbons (Fsp3) is 0.273. The van der Waals surface area contributed by atoms with Gasteiger partial charge < -0.3 is 14.8 Å². The molecule has 16 heavy (non-hydrogen) atoms. The van der Waals surface area contributed by atoms with Gasteiger partial charge in [-0.05, 0) is 26.0 Å². The van der Waals surface area contributed by atoms with Gasteiger partial charge in [0, 0.05) is 5.57 Å². The average Bonchev–Trinajstić information content (AvgIpc) is 2.73. The Morgan fingerprint density at radius 2 is 2.19 bits per heavy atom. The zero-order chi connectivity index (χ0) is 12.1. The number of carbonyl (C=O) groups excluding carboxylic acids is 1. The molecule has 2 N–H and O–H groups in total. The Balaban J connectivity index is 2.55. The van der Waals surface area contributed by atoms with Crippen molar-refractivity contribution < 1.29 is 19.1 Å². The Kier molecular flexibility index (Phi) is 3.88. The quantitative estimate of drug-likeness (QED) is 0.759. The third kappa shape index (κ3) is 2.98. The van der Waals surface area contributed by atoms with E-state index in [2.05, 4.69) is 5.32 Å². The molecule has 1 aromatic rings. The van der Waals surface area contributed by atoms with Crippen LogP contribution in [0.5, 0.6) is 0 Å². The third-order valence-electron chi connectivity index (χ3n) is 2.09. The van der Waals surface area contributed by atoms with Gasteiger partial charge in [-0.25, -0.2) is 4.79 Å². The molecule has 0 fully saturated rings. The van der Waals surface area contributed by atoms with Crippen LogP contribution in [0.1, 0.15) is 30.2 Å². The molecule has 0 aliphatic rings. The maximum atomic E-state index is 11.4. The summed E-state index contributed by atoms with van der Waals surface area (Å²) in [6.07, 6.45) is 1.69. The van der Waals surface area contributed by atoms with Gasteiger partial charge in [0.15, 0.2) is 0 Å². The predicted molar refractivity (Wildman–Crippen MR) is 56.9 cm³/mol. The number of rotatable bonds is 4. The van der Waals surface area contributed by atoms with Gasteiger partial charge in [0.2, 0.25) is 11.7 Å². The Bertz CT molecular complexity index is 431. The highest BCUT2D eigenvalue weighted by Crippen LogP contribution is 2.07. The minimum atomic E-state index is -1.12. The van der Waals surface area contributed by atoms with E-state index in [1.807, 2.05) is 0 Å². The van der Waals surface area contributed by atoms with Crippen molar-refractivity contribution >= 4 is 11.9 Å². The highest BCUT2D eigenvalue weighted by Gasteiger charge is 2.09. The molecule has 0 aliphatic heterocycles. The van der Waals surface area contributed by atoms with Gasteiger partial charge >= 0.3 is 5.97 Å². The minimum absolute atomic E-state index is 0.132. The molecule has 1 rings (SSSR count). The van der Waals surface area contributed by atoms with Crippen LogP contribution >= 0.6 is 0 Å². The highest BCUT2D eigenvalue weighted by atomic mass is 16.4. The number of carboxylic acids is 1. The van der Waals surface area contributed by atoms with E-state index in [4.69, 9.17) is 9.52 Å².